The summed E-state index contributed by atoms with van der Waals surface area (Å²) in [5.74, 6) is 0. The van der Waals surface area contributed by atoms with Crippen LogP contribution in [0.1, 0.15) is 30.1 Å². The lowest BCUT2D eigenvalue weighted by atomic mass is 10.1. The molecule has 0 aliphatic carbocycles. The zero-order valence-electron chi connectivity index (χ0n) is 8.97. The van der Waals surface area contributed by atoms with E-state index in [4.69, 9.17) is 5.11 Å². The first-order valence-corrected chi connectivity index (χ1v) is 5.09. The van der Waals surface area contributed by atoms with Gasteiger partial charge in [0.05, 0.1) is 11.7 Å². The topological polar surface area (TPSA) is 58.4 Å². The first-order chi connectivity index (χ1) is 7.09. The van der Waals surface area contributed by atoms with E-state index < -0.39 is 6.09 Å². The van der Waals surface area contributed by atoms with Crippen LogP contribution in [-0.4, -0.2) is 32.4 Å². The van der Waals surface area contributed by atoms with E-state index in [0.717, 1.165) is 24.1 Å². The lowest BCUT2D eigenvalue weighted by Gasteiger charge is -2.20. The molecule has 1 aliphatic heterocycles. The molecule has 1 aromatic heterocycles. The number of likely N-dealkylation sites (tertiary alicyclic amines) is 1. The van der Waals surface area contributed by atoms with Crippen LogP contribution in [0.2, 0.25) is 0 Å². The summed E-state index contributed by atoms with van der Waals surface area (Å²) in [6.45, 7) is 2.59. The molecule has 0 aromatic carbocycles. The second kappa shape index (κ2) is 3.56. The molecule has 82 valence electrons. The molecule has 1 aliphatic rings. The van der Waals surface area contributed by atoms with Crippen molar-refractivity contribution in [1.82, 2.24) is 14.7 Å². The molecule has 2 heterocycles. The molecular weight excluding hydrogens is 194 g/mol. The van der Waals surface area contributed by atoms with Gasteiger partial charge in [-0.2, -0.15) is 5.10 Å². The van der Waals surface area contributed by atoms with Gasteiger partial charge in [0.25, 0.3) is 0 Å². The Bertz CT molecular complexity index is 386. The Hall–Kier alpha value is -1.52. The van der Waals surface area contributed by atoms with Gasteiger partial charge >= 0.3 is 6.09 Å². The van der Waals surface area contributed by atoms with E-state index in [0.29, 0.717) is 6.54 Å². The zero-order chi connectivity index (χ0) is 11.0. The summed E-state index contributed by atoms with van der Waals surface area (Å²) in [6, 6.07) is -0.0521. The van der Waals surface area contributed by atoms with Crippen molar-refractivity contribution in [2.24, 2.45) is 7.05 Å². The van der Waals surface area contributed by atoms with Crippen molar-refractivity contribution in [2.45, 2.75) is 25.8 Å². The number of carbonyl (C=O) groups is 1. The average molecular weight is 209 g/mol. The fourth-order valence-electron chi connectivity index (χ4n) is 2.23. The van der Waals surface area contributed by atoms with E-state index in [1.165, 1.54) is 4.90 Å². The summed E-state index contributed by atoms with van der Waals surface area (Å²) < 4.78 is 1.74. The Kier molecular flexibility index (Phi) is 2.38. The molecule has 0 saturated carbocycles. The second-order valence-corrected chi connectivity index (χ2v) is 4.01. The molecule has 1 unspecified atom stereocenters. The van der Waals surface area contributed by atoms with Gasteiger partial charge in [-0.3, -0.25) is 9.58 Å². The van der Waals surface area contributed by atoms with E-state index in [2.05, 4.69) is 5.10 Å². The van der Waals surface area contributed by atoms with Crippen molar-refractivity contribution in [2.75, 3.05) is 6.54 Å². The smallest absolute Gasteiger partial charge is 0.407 e. The largest absolute Gasteiger partial charge is 0.465 e. The Labute approximate surface area is 88.3 Å². The van der Waals surface area contributed by atoms with Gasteiger partial charge in [0.15, 0.2) is 0 Å². The molecule has 1 aromatic rings. The zero-order valence-corrected chi connectivity index (χ0v) is 8.97. The number of rotatable bonds is 1. The Morgan fingerprint density at radius 2 is 2.40 bits per heavy atom. The highest BCUT2D eigenvalue weighted by Crippen LogP contribution is 2.32. The average Bonchev–Trinajstić information content (AvgIpc) is 2.71. The lowest BCUT2D eigenvalue weighted by Crippen LogP contribution is -2.29. The van der Waals surface area contributed by atoms with Gasteiger partial charge in [-0.05, 0) is 25.3 Å². The van der Waals surface area contributed by atoms with Crippen LogP contribution in [-0.2, 0) is 7.05 Å². The summed E-state index contributed by atoms with van der Waals surface area (Å²) in [6.07, 6.45) is 2.88. The van der Waals surface area contributed by atoms with Crippen LogP contribution in [0.3, 0.4) is 0 Å². The van der Waals surface area contributed by atoms with Gasteiger partial charge in [0, 0.05) is 19.8 Å². The van der Waals surface area contributed by atoms with E-state index in [9.17, 15) is 4.79 Å². The summed E-state index contributed by atoms with van der Waals surface area (Å²) in [4.78, 5) is 12.5. The van der Waals surface area contributed by atoms with Gasteiger partial charge in [-0.15, -0.1) is 0 Å². The Balaban J connectivity index is 2.30. The van der Waals surface area contributed by atoms with Gasteiger partial charge in [-0.25, -0.2) is 4.79 Å². The first kappa shape index (κ1) is 10.0. The molecule has 1 fully saturated rings. The monoisotopic (exact) mass is 209 g/mol. The van der Waals surface area contributed by atoms with Gasteiger partial charge in [0.1, 0.15) is 0 Å². The number of amides is 1. The normalized spacial score (nSPS) is 20.9. The van der Waals surface area contributed by atoms with Gasteiger partial charge in [0.2, 0.25) is 0 Å². The van der Waals surface area contributed by atoms with Crippen molar-refractivity contribution in [1.29, 1.82) is 0 Å². The maximum Gasteiger partial charge on any atom is 0.407 e. The van der Waals surface area contributed by atoms with E-state index >= 15 is 0 Å². The molecule has 1 N–H and O–H groups in total. The molecule has 0 bridgehead atoms. The fraction of sp³-hybridized carbons (Fsp3) is 0.600. The molecule has 2 rings (SSSR count). The predicted octanol–water partition coefficient (Wildman–Crippen LogP) is 1.54. The van der Waals surface area contributed by atoms with Crippen LogP contribution in [0.25, 0.3) is 0 Å². The minimum atomic E-state index is -0.845. The lowest BCUT2D eigenvalue weighted by molar-refractivity contribution is 0.139. The van der Waals surface area contributed by atoms with Crippen molar-refractivity contribution in [3.8, 4) is 0 Å². The number of aryl methyl sites for hydroxylation is 2. The number of hydrogen-bond acceptors (Lipinski definition) is 2. The number of nitrogens with zero attached hydrogens (tertiary/aromatic N) is 3. The van der Waals surface area contributed by atoms with Crippen LogP contribution < -0.4 is 0 Å². The minimum absolute atomic E-state index is 0.0521. The SMILES string of the molecule is Cc1cn(C)nc1C1CCCN1C(=O)O. The molecule has 5 nitrogen and oxygen atoms in total. The minimum Gasteiger partial charge on any atom is -0.465 e. The van der Waals surface area contributed by atoms with Crippen LogP contribution in [0.5, 0.6) is 0 Å². The first-order valence-electron chi connectivity index (χ1n) is 5.09. The number of hydrogen-bond donors (Lipinski definition) is 1. The molecular formula is C10H15N3O2. The highest BCUT2D eigenvalue weighted by atomic mass is 16.4. The highest BCUT2D eigenvalue weighted by Gasteiger charge is 2.32. The van der Waals surface area contributed by atoms with Crippen molar-refractivity contribution in [3.63, 3.8) is 0 Å². The Morgan fingerprint density at radius 1 is 1.67 bits per heavy atom. The quantitative estimate of drug-likeness (QED) is 0.763. The number of carboxylic acid groups (broad SMARTS) is 1. The molecule has 0 radical (unpaired) electrons. The summed E-state index contributed by atoms with van der Waals surface area (Å²) in [7, 11) is 1.86. The summed E-state index contributed by atoms with van der Waals surface area (Å²) in [5, 5.41) is 13.4. The maximum absolute atomic E-state index is 11.0. The summed E-state index contributed by atoms with van der Waals surface area (Å²) >= 11 is 0. The van der Waals surface area contributed by atoms with Crippen molar-refractivity contribution >= 4 is 6.09 Å². The standard InChI is InChI=1S/C10H15N3O2/c1-7-6-12(2)11-9(7)8-4-3-5-13(8)10(14)15/h6,8H,3-5H2,1-2H3,(H,14,15). The molecule has 15 heavy (non-hydrogen) atoms. The Morgan fingerprint density at radius 3 is 2.93 bits per heavy atom. The molecule has 1 atom stereocenters. The van der Waals surface area contributed by atoms with Gasteiger partial charge in [-0.1, -0.05) is 0 Å². The number of aromatic nitrogens is 2. The third-order valence-electron chi connectivity index (χ3n) is 2.86. The molecule has 0 spiro atoms. The molecule has 5 heteroatoms. The highest BCUT2D eigenvalue weighted by molar-refractivity contribution is 5.66. The fourth-order valence-corrected chi connectivity index (χ4v) is 2.23. The van der Waals surface area contributed by atoms with Crippen molar-refractivity contribution in [3.05, 3.63) is 17.5 Å². The third kappa shape index (κ3) is 1.69. The third-order valence-corrected chi connectivity index (χ3v) is 2.86. The second-order valence-electron chi connectivity index (χ2n) is 4.01. The molecule has 1 amide bonds. The van der Waals surface area contributed by atoms with E-state index in [1.807, 2.05) is 20.2 Å². The van der Waals surface area contributed by atoms with Crippen LogP contribution in [0, 0.1) is 6.92 Å². The van der Waals surface area contributed by atoms with Crippen LogP contribution in [0.4, 0.5) is 4.79 Å². The summed E-state index contributed by atoms with van der Waals surface area (Å²) in [5.41, 5.74) is 1.97. The van der Waals surface area contributed by atoms with Gasteiger partial charge < -0.3 is 5.11 Å². The van der Waals surface area contributed by atoms with Crippen LogP contribution in [0.15, 0.2) is 6.20 Å². The van der Waals surface area contributed by atoms with E-state index in [-0.39, 0.29) is 6.04 Å². The van der Waals surface area contributed by atoms with Crippen molar-refractivity contribution < 1.29 is 9.90 Å². The molecule has 1 saturated heterocycles. The predicted molar refractivity (Wildman–Crippen MR) is 54.7 cm³/mol. The maximum atomic E-state index is 11.0. The van der Waals surface area contributed by atoms with E-state index in [1.54, 1.807) is 4.68 Å². The van der Waals surface area contributed by atoms with Crippen LogP contribution >= 0.6 is 0 Å².